The van der Waals surface area contributed by atoms with Gasteiger partial charge in [-0.1, -0.05) is 23.4 Å². The third kappa shape index (κ3) is 5.04. The predicted molar refractivity (Wildman–Crippen MR) is 106 cm³/mol. The molecule has 0 saturated carbocycles. The highest BCUT2D eigenvalue weighted by molar-refractivity contribution is 8.01. The number of hydrogen-bond donors (Lipinski definition) is 1. The smallest absolute Gasteiger partial charge is 0.216 e. The largest absolute Gasteiger partial charge is 0.356 e. The van der Waals surface area contributed by atoms with E-state index in [0.717, 1.165) is 30.7 Å². The number of Topliss-reactive ketones (excluding diaryl/α,β-unsaturated/α-hetero) is 1. The van der Waals surface area contributed by atoms with E-state index in [4.69, 9.17) is 11.6 Å². The molecule has 3 rings (SSSR count). The molecule has 0 aliphatic carbocycles. The Morgan fingerprint density at radius 3 is 2.88 bits per heavy atom. The van der Waals surface area contributed by atoms with E-state index in [0.29, 0.717) is 17.3 Å². The number of benzene rings is 1. The molecular weight excluding hydrogens is 396 g/mol. The first-order valence-electron chi connectivity index (χ1n) is 7.56. The topological polar surface area (TPSA) is 59.1 Å². The number of nitrogens with zero attached hydrogens (tertiary/aromatic N) is 1. The summed E-state index contributed by atoms with van der Waals surface area (Å²) in [6, 6.07) is 9.43. The molecule has 0 fully saturated rings. The molecule has 130 valence electrons. The zero-order valence-corrected chi connectivity index (χ0v) is 16.6. The van der Waals surface area contributed by atoms with Gasteiger partial charge in [0, 0.05) is 23.4 Å². The molecular formula is C17H15ClN2O2S3. The number of fused-ring (bicyclic) bond motifs is 1. The van der Waals surface area contributed by atoms with E-state index < -0.39 is 0 Å². The Balaban J connectivity index is 1.56. The zero-order chi connectivity index (χ0) is 17.8. The van der Waals surface area contributed by atoms with Crippen LogP contribution in [-0.4, -0.2) is 29.0 Å². The van der Waals surface area contributed by atoms with Gasteiger partial charge in [-0.05, 0) is 36.8 Å². The summed E-state index contributed by atoms with van der Waals surface area (Å²) >= 11 is 10.5. The van der Waals surface area contributed by atoms with Crippen molar-refractivity contribution in [2.75, 3.05) is 12.3 Å². The number of rotatable bonds is 7. The van der Waals surface area contributed by atoms with Gasteiger partial charge in [-0.15, -0.1) is 22.7 Å². The molecule has 0 atom stereocenters. The van der Waals surface area contributed by atoms with Crippen LogP contribution in [0.15, 0.2) is 34.7 Å². The molecule has 0 saturated heterocycles. The van der Waals surface area contributed by atoms with Crippen LogP contribution < -0.4 is 5.32 Å². The van der Waals surface area contributed by atoms with Crippen molar-refractivity contribution >= 4 is 67.9 Å². The van der Waals surface area contributed by atoms with Crippen LogP contribution in [0.5, 0.6) is 0 Å². The Morgan fingerprint density at radius 2 is 2.08 bits per heavy atom. The van der Waals surface area contributed by atoms with Crippen LogP contribution >= 0.6 is 46.0 Å². The van der Waals surface area contributed by atoms with Crippen molar-refractivity contribution in [3.63, 3.8) is 0 Å². The van der Waals surface area contributed by atoms with Crippen molar-refractivity contribution < 1.29 is 9.59 Å². The van der Waals surface area contributed by atoms with Gasteiger partial charge in [0.1, 0.15) is 0 Å². The molecule has 4 nitrogen and oxygen atoms in total. The number of halogens is 1. The summed E-state index contributed by atoms with van der Waals surface area (Å²) in [7, 11) is 0. The summed E-state index contributed by atoms with van der Waals surface area (Å²) in [6.45, 7) is 2.09. The first-order chi connectivity index (χ1) is 12.0. The van der Waals surface area contributed by atoms with E-state index in [1.54, 1.807) is 11.3 Å². The standard InChI is InChI=1S/C17H15ClN2O2S3/c1-10(21)19-7-6-12-3-5-16(24-12)14(22)9-23-17-20-13-8-11(18)2-4-15(13)25-17/h2-5,8H,6-7,9H2,1H3,(H,19,21). The maximum atomic E-state index is 12.4. The lowest BCUT2D eigenvalue weighted by Gasteiger charge is -1.99. The number of hydrogen-bond acceptors (Lipinski definition) is 6. The Bertz CT molecular complexity index is 920. The number of thiazole rings is 1. The average molecular weight is 411 g/mol. The van der Waals surface area contributed by atoms with Gasteiger partial charge in [0.05, 0.1) is 20.8 Å². The van der Waals surface area contributed by atoms with E-state index in [1.807, 2.05) is 30.3 Å². The van der Waals surface area contributed by atoms with Crippen LogP contribution in [0.25, 0.3) is 10.2 Å². The molecule has 0 spiro atoms. The summed E-state index contributed by atoms with van der Waals surface area (Å²) in [5.74, 6) is 0.415. The number of carbonyl (C=O) groups is 2. The lowest BCUT2D eigenvalue weighted by molar-refractivity contribution is -0.118. The van der Waals surface area contributed by atoms with Crippen LogP contribution in [0.1, 0.15) is 21.5 Å². The second-order valence-corrected chi connectivity index (χ2v) is 9.16. The predicted octanol–water partition coefficient (Wildman–Crippen LogP) is 4.66. The minimum absolute atomic E-state index is 0.0404. The molecule has 25 heavy (non-hydrogen) atoms. The number of ketones is 1. The summed E-state index contributed by atoms with van der Waals surface area (Å²) in [5, 5.41) is 3.42. The number of thiophene rings is 1. The van der Waals surface area contributed by atoms with Crippen LogP contribution in [0.2, 0.25) is 5.02 Å². The lowest BCUT2D eigenvalue weighted by Crippen LogP contribution is -2.22. The van der Waals surface area contributed by atoms with Crippen LogP contribution in [0.4, 0.5) is 0 Å². The Labute approximate surface area is 162 Å². The molecule has 0 unspecified atom stereocenters. The first-order valence-corrected chi connectivity index (χ1v) is 10.6. The number of carbonyl (C=O) groups excluding carboxylic acids is 2. The molecule has 0 aliphatic heterocycles. The number of nitrogens with one attached hydrogen (secondary N) is 1. The summed E-state index contributed by atoms with van der Waals surface area (Å²) in [6.07, 6.45) is 0.739. The number of aromatic nitrogens is 1. The quantitative estimate of drug-likeness (QED) is 0.454. The van der Waals surface area contributed by atoms with Crippen LogP contribution in [-0.2, 0) is 11.2 Å². The maximum absolute atomic E-state index is 12.4. The van der Waals surface area contributed by atoms with Gasteiger partial charge >= 0.3 is 0 Å². The van der Waals surface area contributed by atoms with Crippen molar-refractivity contribution in [1.82, 2.24) is 10.3 Å². The maximum Gasteiger partial charge on any atom is 0.216 e. The monoisotopic (exact) mass is 410 g/mol. The average Bonchev–Trinajstić information content (AvgIpc) is 3.18. The molecule has 0 radical (unpaired) electrons. The van der Waals surface area contributed by atoms with E-state index >= 15 is 0 Å². The molecule has 2 heterocycles. The van der Waals surface area contributed by atoms with Gasteiger partial charge in [-0.3, -0.25) is 9.59 Å². The fourth-order valence-electron chi connectivity index (χ4n) is 2.16. The van der Waals surface area contributed by atoms with Crippen molar-refractivity contribution in [2.24, 2.45) is 0 Å². The highest BCUT2D eigenvalue weighted by atomic mass is 35.5. The molecule has 8 heteroatoms. The minimum atomic E-state index is -0.0404. The fraction of sp³-hybridized carbons (Fsp3) is 0.235. The Morgan fingerprint density at radius 1 is 1.24 bits per heavy atom. The molecule has 0 bridgehead atoms. The minimum Gasteiger partial charge on any atom is -0.356 e. The summed E-state index contributed by atoms with van der Waals surface area (Å²) in [4.78, 5) is 29.6. The van der Waals surface area contributed by atoms with Gasteiger partial charge in [-0.2, -0.15) is 0 Å². The Hall–Kier alpha value is -1.41. The molecule has 0 aliphatic rings. The van der Waals surface area contributed by atoms with Crippen molar-refractivity contribution in [1.29, 1.82) is 0 Å². The first kappa shape index (κ1) is 18.4. The molecule has 1 aromatic carbocycles. The second kappa shape index (κ2) is 8.31. The number of amides is 1. The second-order valence-electron chi connectivity index (χ2n) is 5.30. The van der Waals surface area contributed by atoms with E-state index in [9.17, 15) is 9.59 Å². The molecule has 2 aromatic heterocycles. The molecule has 3 aromatic rings. The van der Waals surface area contributed by atoms with Gasteiger partial charge in [-0.25, -0.2) is 4.98 Å². The Kier molecular flexibility index (Phi) is 6.11. The third-order valence-corrected chi connectivity index (χ3v) is 6.94. The van der Waals surface area contributed by atoms with Crippen molar-refractivity contribution in [3.05, 3.63) is 45.1 Å². The van der Waals surface area contributed by atoms with E-state index in [1.165, 1.54) is 30.0 Å². The van der Waals surface area contributed by atoms with Gasteiger partial charge in [0.25, 0.3) is 0 Å². The molecule has 1 N–H and O–H groups in total. The van der Waals surface area contributed by atoms with Crippen molar-refractivity contribution in [2.45, 2.75) is 17.7 Å². The normalized spacial score (nSPS) is 11.0. The fourth-order valence-corrected chi connectivity index (χ4v) is 5.30. The summed E-state index contributed by atoms with van der Waals surface area (Å²) in [5.41, 5.74) is 0.865. The molecule has 1 amide bonds. The number of thioether (sulfide) groups is 1. The highest BCUT2D eigenvalue weighted by Crippen LogP contribution is 2.31. The van der Waals surface area contributed by atoms with Crippen molar-refractivity contribution in [3.8, 4) is 0 Å². The van der Waals surface area contributed by atoms with Crippen LogP contribution in [0, 0.1) is 0 Å². The van der Waals surface area contributed by atoms with Crippen LogP contribution in [0.3, 0.4) is 0 Å². The van der Waals surface area contributed by atoms with Gasteiger partial charge in [0.2, 0.25) is 5.91 Å². The summed E-state index contributed by atoms with van der Waals surface area (Å²) < 4.78 is 1.93. The third-order valence-electron chi connectivity index (χ3n) is 3.34. The zero-order valence-electron chi connectivity index (χ0n) is 13.4. The van der Waals surface area contributed by atoms with Gasteiger partial charge in [0.15, 0.2) is 10.1 Å². The highest BCUT2D eigenvalue weighted by Gasteiger charge is 2.12. The SMILES string of the molecule is CC(=O)NCCc1ccc(C(=O)CSc2nc3cc(Cl)ccc3s2)s1. The van der Waals surface area contributed by atoms with E-state index in [-0.39, 0.29) is 11.7 Å². The lowest BCUT2D eigenvalue weighted by atomic mass is 10.3. The van der Waals surface area contributed by atoms with E-state index in [2.05, 4.69) is 10.3 Å². The van der Waals surface area contributed by atoms with Gasteiger partial charge < -0.3 is 5.32 Å².